The summed E-state index contributed by atoms with van der Waals surface area (Å²) in [5.74, 6) is 2.49. The minimum absolute atomic E-state index is 0.157. The Labute approximate surface area is 171 Å². The molecule has 2 aromatic carbocycles. The van der Waals surface area contributed by atoms with Gasteiger partial charge in [-0.3, -0.25) is 0 Å². The number of aldehydes is 1. The topological polar surface area (TPSA) is 64.4 Å². The Balaban J connectivity index is 1.28. The van der Waals surface area contributed by atoms with Gasteiger partial charge in [0, 0.05) is 30.5 Å². The van der Waals surface area contributed by atoms with Crippen LogP contribution >= 0.6 is 0 Å². The molecule has 1 aliphatic rings. The second kappa shape index (κ2) is 9.05. The third-order valence-corrected chi connectivity index (χ3v) is 5.37. The van der Waals surface area contributed by atoms with E-state index in [0.717, 1.165) is 48.4 Å². The van der Waals surface area contributed by atoms with E-state index in [2.05, 4.69) is 22.4 Å². The summed E-state index contributed by atoms with van der Waals surface area (Å²) in [6, 6.07) is 18.5. The Bertz CT molecular complexity index is 935. The van der Waals surface area contributed by atoms with E-state index in [9.17, 15) is 4.79 Å². The second-order valence-corrected chi connectivity index (χ2v) is 7.57. The molecule has 0 unspecified atom stereocenters. The number of hydrogen-bond acceptors (Lipinski definition) is 5. The van der Waals surface area contributed by atoms with Gasteiger partial charge in [0.05, 0.1) is 12.3 Å². The number of oxazole rings is 1. The molecule has 2 heterocycles. The Hall–Kier alpha value is -2.92. The number of benzene rings is 2. The van der Waals surface area contributed by atoms with E-state index in [4.69, 9.17) is 9.15 Å². The molecule has 0 bridgehead atoms. The van der Waals surface area contributed by atoms with Gasteiger partial charge in [-0.05, 0) is 49.6 Å². The van der Waals surface area contributed by atoms with Gasteiger partial charge in [-0.25, -0.2) is 4.98 Å². The van der Waals surface area contributed by atoms with Crippen LogP contribution in [0.15, 0.2) is 59.0 Å². The number of ether oxygens (including phenoxy) is 1. The number of carbonyl (C=O) groups is 1. The van der Waals surface area contributed by atoms with Gasteiger partial charge >= 0.3 is 0 Å². The van der Waals surface area contributed by atoms with Crippen molar-refractivity contribution in [2.75, 3.05) is 13.2 Å². The van der Waals surface area contributed by atoms with Gasteiger partial charge in [0.25, 0.3) is 0 Å². The van der Waals surface area contributed by atoms with Crippen molar-refractivity contribution in [3.8, 4) is 17.2 Å². The zero-order valence-electron chi connectivity index (χ0n) is 16.6. The molecular formula is C24H26N2O3. The van der Waals surface area contributed by atoms with Crippen molar-refractivity contribution >= 4 is 6.29 Å². The molecule has 150 valence electrons. The summed E-state index contributed by atoms with van der Waals surface area (Å²) < 4.78 is 11.7. The molecule has 5 heteroatoms. The Morgan fingerprint density at radius 3 is 2.69 bits per heavy atom. The third kappa shape index (κ3) is 4.93. The fraction of sp³-hybridized carbons (Fsp3) is 0.333. The zero-order valence-corrected chi connectivity index (χ0v) is 16.6. The number of rotatable bonds is 8. The van der Waals surface area contributed by atoms with Gasteiger partial charge < -0.3 is 19.3 Å². The van der Waals surface area contributed by atoms with Crippen molar-refractivity contribution in [3.05, 3.63) is 71.6 Å². The molecule has 4 rings (SSSR count). The average molecular weight is 390 g/mol. The first-order valence-electron chi connectivity index (χ1n) is 10.1. The lowest BCUT2D eigenvalue weighted by Gasteiger charge is -2.11. The van der Waals surface area contributed by atoms with E-state index < -0.39 is 0 Å². The summed E-state index contributed by atoms with van der Waals surface area (Å²) in [6.45, 7) is 3.28. The number of aromatic nitrogens is 1. The molecule has 5 nitrogen and oxygen atoms in total. The normalized spacial score (nSPS) is 18.7. The number of nitrogens with one attached hydrogen (secondary N) is 1. The molecule has 2 atom stereocenters. The van der Waals surface area contributed by atoms with Gasteiger partial charge in [-0.2, -0.15) is 0 Å². The van der Waals surface area contributed by atoms with Crippen molar-refractivity contribution in [1.29, 1.82) is 0 Å². The average Bonchev–Trinajstić information content (AvgIpc) is 3.36. The van der Waals surface area contributed by atoms with Crippen LogP contribution in [0.3, 0.4) is 0 Å². The van der Waals surface area contributed by atoms with E-state index in [1.165, 1.54) is 5.56 Å². The Morgan fingerprint density at radius 1 is 1.17 bits per heavy atom. The summed E-state index contributed by atoms with van der Waals surface area (Å²) in [4.78, 5) is 15.5. The first-order valence-corrected chi connectivity index (χ1v) is 10.1. The van der Waals surface area contributed by atoms with E-state index in [1.807, 2.05) is 49.4 Å². The number of hydrogen-bond donors (Lipinski definition) is 1. The summed E-state index contributed by atoms with van der Waals surface area (Å²) in [5, 5.41) is 3.41. The molecule has 1 aliphatic heterocycles. The van der Waals surface area contributed by atoms with E-state index in [1.54, 1.807) is 0 Å². The van der Waals surface area contributed by atoms with Gasteiger partial charge in [-0.1, -0.05) is 30.3 Å². The van der Waals surface area contributed by atoms with Crippen molar-refractivity contribution in [2.45, 2.75) is 32.2 Å². The largest absolute Gasteiger partial charge is 0.493 e. The molecule has 29 heavy (non-hydrogen) atoms. The van der Waals surface area contributed by atoms with Gasteiger partial charge in [0.2, 0.25) is 5.89 Å². The third-order valence-electron chi connectivity index (χ3n) is 5.37. The van der Waals surface area contributed by atoms with Crippen molar-refractivity contribution in [2.24, 2.45) is 5.92 Å². The van der Waals surface area contributed by atoms with E-state index in [0.29, 0.717) is 25.0 Å². The summed E-state index contributed by atoms with van der Waals surface area (Å²) in [6.07, 6.45) is 3.61. The smallest absolute Gasteiger partial charge is 0.226 e. The van der Waals surface area contributed by atoms with Gasteiger partial charge in [0.15, 0.2) is 0 Å². The second-order valence-electron chi connectivity index (χ2n) is 7.57. The fourth-order valence-electron chi connectivity index (χ4n) is 3.75. The fourth-order valence-corrected chi connectivity index (χ4v) is 3.75. The van der Waals surface area contributed by atoms with Crippen molar-refractivity contribution < 1.29 is 13.9 Å². The van der Waals surface area contributed by atoms with Crippen LogP contribution in [0.25, 0.3) is 11.5 Å². The minimum Gasteiger partial charge on any atom is -0.493 e. The van der Waals surface area contributed by atoms with Crippen molar-refractivity contribution in [3.63, 3.8) is 0 Å². The van der Waals surface area contributed by atoms with Crippen molar-refractivity contribution in [1.82, 2.24) is 10.3 Å². The zero-order chi connectivity index (χ0) is 20.1. The number of nitrogens with zero attached hydrogens (tertiary/aromatic N) is 1. The number of carbonyl (C=O) groups excluding carboxylic acids is 1. The highest BCUT2D eigenvalue weighted by Gasteiger charge is 2.23. The van der Waals surface area contributed by atoms with Crippen LogP contribution in [0, 0.1) is 12.8 Å². The predicted molar refractivity (Wildman–Crippen MR) is 112 cm³/mol. The van der Waals surface area contributed by atoms with Crippen LogP contribution in [0.4, 0.5) is 0 Å². The molecule has 3 aromatic rings. The monoisotopic (exact) mass is 390 g/mol. The van der Waals surface area contributed by atoms with Crippen LogP contribution in [0.1, 0.15) is 23.4 Å². The van der Waals surface area contributed by atoms with Crippen LogP contribution in [-0.4, -0.2) is 30.5 Å². The molecule has 0 saturated carbocycles. The Kier molecular flexibility index (Phi) is 6.06. The highest BCUT2D eigenvalue weighted by molar-refractivity contribution is 5.54. The quantitative estimate of drug-likeness (QED) is 0.589. The lowest BCUT2D eigenvalue weighted by atomic mass is 10.0. The molecule has 1 aromatic heterocycles. The molecule has 0 radical (unpaired) electrons. The van der Waals surface area contributed by atoms with Gasteiger partial charge in [0.1, 0.15) is 17.8 Å². The predicted octanol–water partition coefficient (Wildman–Crippen LogP) is 3.99. The summed E-state index contributed by atoms with van der Waals surface area (Å²) in [5.41, 5.74) is 3.16. The van der Waals surface area contributed by atoms with E-state index in [-0.39, 0.29) is 5.92 Å². The lowest BCUT2D eigenvalue weighted by molar-refractivity contribution is -0.110. The minimum atomic E-state index is 0.157. The molecule has 0 amide bonds. The maximum absolute atomic E-state index is 10.9. The number of aryl methyl sites for hydroxylation is 1. The molecule has 0 aliphatic carbocycles. The van der Waals surface area contributed by atoms with Crippen LogP contribution in [0.5, 0.6) is 5.75 Å². The van der Waals surface area contributed by atoms with Gasteiger partial charge in [-0.15, -0.1) is 0 Å². The van der Waals surface area contributed by atoms with Crippen LogP contribution < -0.4 is 10.1 Å². The molecule has 1 fully saturated rings. The SMILES string of the molecule is Cc1oc(-c2ccccc2)nc1CCOc1ccc(C[C@@H]2C[C@H](C=O)CN2)cc1. The lowest BCUT2D eigenvalue weighted by Crippen LogP contribution is -2.23. The molecule has 0 spiro atoms. The Morgan fingerprint density at radius 2 is 1.97 bits per heavy atom. The first-order chi connectivity index (χ1) is 14.2. The molecular weight excluding hydrogens is 364 g/mol. The molecule has 1 saturated heterocycles. The highest BCUT2D eigenvalue weighted by atomic mass is 16.5. The van der Waals surface area contributed by atoms with Crippen LogP contribution in [0.2, 0.25) is 0 Å². The summed E-state index contributed by atoms with van der Waals surface area (Å²) >= 11 is 0. The molecule has 1 N–H and O–H groups in total. The highest BCUT2D eigenvalue weighted by Crippen LogP contribution is 2.22. The standard InChI is InChI=1S/C24H26N2O3/c1-17-23(26-24(29-17)20-5-3-2-4-6-20)11-12-28-22-9-7-18(8-10-22)13-21-14-19(16-27)15-25-21/h2-10,16,19,21,25H,11-15H2,1H3/t19-,21+/m0/s1. The summed E-state index contributed by atoms with van der Waals surface area (Å²) in [7, 11) is 0. The van der Waals surface area contributed by atoms with Crippen LogP contribution in [-0.2, 0) is 17.6 Å². The van der Waals surface area contributed by atoms with E-state index >= 15 is 0 Å². The first kappa shape index (κ1) is 19.4. The maximum Gasteiger partial charge on any atom is 0.226 e. The maximum atomic E-state index is 10.9.